The molecule has 0 N–H and O–H groups in total. The minimum Gasteiger partial charge on any atom is -0.494 e. The van der Waals surface area contributed by atoms with E-state index in [2.05, 4.69) is 4.99 Å². The highest BCUT2D eigenvalue weighted by Gasteiger charge is 2.15. The molecule has 1 heterocycles. The molecule has 0 saturated heterocycles. The largest absolute Gasteiger partial charge is 0.494 e. The maximum Gasteiger partial charge on any atom is 0.349 e. The van der Waals surface area contributed by atoms with E-state index in [1.165, 1.54) is 18.4 Å². The Morgan fingerprint density at radius 2 is 2.00 bits per heavy atom. The van der Waals surface area contributed by atoms with Gasteiger partial charge in [0.1, 0.15) is 16.3 Å². The van der Waals surface area contributed by atoms with E-state index < -0.39 is 0 Å². The molecule has 0 spiro atoms. The fourth-order valence-electron chi connectivity index (χ4n) is 1.73. The van der Waals surface area contributed by atoms with Crippen LogP contribution in [0.25, 0.3) is 0 Å². The Hall–Kier alpha value is -2.08. The number of aromatic nitrogens is 1. The fourth-order valence-corrected chi connectivity index (χ4v) is 2.79. The number of carbonyl (C=O) groups is 1. The molecule has 0 radical (unpaired) electrons. The van der Waals surface area contributed by atoms with Crippen LogP contribution in [-0.2, 0) is 11.8 Å². The van der Waals surface area contributed by atoms with E-state index in [-0.39, 0.29) is 5.97 Å². The van der Waals surface area contributed by atoms with Gasteiger partial charge in [-0.2, -0.15) is 0 Å². The first-order valence-corrected chi connectivity index (χ1v) is 6.82. The third kappa shape index (κ3) is 2.60. The highest BCUT2D eigenvalue weighted by molar-refractivity contribution is 7.11. The van der Waals surface area contributed by atoms with Crippen LogP contribution in [0.15, 0.2) is 29.3 Å². The Labute approximate surface area is 121 Å². The highest BCUT2D eigenvalue weighted by atomic mass is 32.1. The summed E-state index contributed by atoms with van der Waals surface area (Å²) in [5.41, 5.74) is 1.55. The summed E-state index contributed by atoms with van der Waals surface area (Å²) in [6, 6.07) is 7.49. The van der Waals surface area contributed by atoms with Gasteiger partial charge < -0.3 is 14.0 Å². The maximum absolute atomic E-state index is 11.7. The van der Waals surface area contributed by atoms with E-state index in [9.17, 15) is 4.79 Å². The first-order chi connectivity index (χ1) is 9.58. The molecule has 0 amide bonds. The molecule has 6 heteroatoms. The lowest BCUT2D eigenvalue weighted by molar-refractivity contribution is 0.0605. The summed E-state index contributed by atoms with van der Waals surface area (Å²) in [5.74, 6) is 0.350. The number of esters is 1. The molecule has 0 aliphatic heterocycles. The third-order valence-corrected chi connectivity index (χ3v) is 4.20. The third-order valence-electron chi connectivity index (χ3n) is 2.98. The van der Waals surface area contributed by atoms with Crippen molar-refractivity contribution < 1.29 is 14.3 Å². The minimum atomic E-state index is -0.343. The molecular weight excluding hydrogens is 276 g/mol. The summed E-state index contributed by atoms with van der Waals surface area (Å²) in [7, 11) is 4.85. The summed E-state index contributed by atoms with van der Waals surface area (Å²) in [4.78, 5) is 17.5. The Morgan fingerprint density at radius 1 is 1.30 bits per heavy atom. The summed E-state index contributed by atoms with van der Waals surface area (Å²) in [6.45, 7) is 1.87. The van der Waals surface area contributed by atoms with Crippen molar-refractivity contribution in [3.05, 3.63) is 39.6 Å². The van der Waals surface area contributed by atoms with Crippen LogP contribution in [-0.4, -0.2) is 24.8 Å². The number of hydrogen-bond acceptors (Lipinski definition) is 5. The van der Waals surface area contributed by atoms with Gasteiger partial charge >= 0.3 is 5.97 Å². The molecule has 0 aliphatic rings. The van der Waals surface area contributed by atoms with Gasteiger partial charge in [-0.3, -0.25) is 0 Å². The molecule has 0 unspecified atom stereocenters. The number of carbonyl (C=O) groups excluding carboxylic acids is 1. The molecule has 0 saturated carbocycles. The number of ether oxygens (including phenoxy) is 2. The van der Waals surface area contributed by atoms with Crippen molar-refractivity contribution in [1.82, 2.24) is 4.57 Å². The van der Waals surface area contributed by atoms with Crippen molar-refractivity contribution in [2.45, 2.75) is 6.92 Å². The van der Waals surface area contributed by atoms with Gasteiger partial charge in [-0.05, 0) is 19.1 Å². The Morgan fingerprint density at radius 3 is 2.65 bits per heavy atom. The molecule has 2 aromatic rings. The molecule has 0 atom stereocenters. The Bertz CT molecular complexity index is 701. The van der Waals surface area contributed by atoms with Gasteiger partial charge in [0.05, 0.1) is 14.2 Å². The minimum absolute atomic E-state index is 0.343. The van der Waals surface area contributed by atoms with E-state index in [4.69, 9.17) is 9.47 Å². The Kier molecular flexibility index (Phi) is 4.24. The predicted octanol–water partition coefficient (Wildman–Crippen LogP) is 2.42. The molecule has 0 bridgehead atoms. The van der Waals surface area contributed by atoms with E-state index in [0.29, 0.717) is 15.4 Å². The number of para-hydroxylation sites is 2. The molecule has 1 aromatic heterocycles. The van der Waals surface area contributed by atoms with E-state index >= 15 is 0 Å². The fraction of sp³-hybridized carbons (Fsp3) is 0.286. The van der Waals surface area contributed by atoms with Gasteiger partial charge in [0, 0.05) is 12.7 Å². The zero-order valence-corrected chi connectivity index (χ0v) is 12.7. The Balaban J connectivity index is 2.58. The molecular formula is C14H16N2O3S. The van der Waals surface area contributed by atoms with Gasteiger partial charge in [0.15, 0.2) is 4.80 Å². The van der Waals surface area contributed by atoms with E-state index in [1.807, 2.05) is 42.8 Å². The molecule has 5 nitrogen and oxygen atoms in total. The van der Waals surface area contributed by atoms with E-state index in [1.54, 1.807) is 7.11 Å². The smallest absolute Gasteiger partial charge is 0.349 e. The van der Waals surface area contributed by atoms with Crippen molar-refractivity contribution in [2.75, 3.05) is 14.2 Å². The molecule has 0 aliphatic carbocycles. The lowest BCUT2D eigenvalue weighted by Crippen LogP contribution is -2.11. The second-order valence-electron chi connectivity index (χ2n) is 4.13. The van der Waals surface area contributed by atoms with Gasteiger partial charge in [0.2, 0.25) is 0 Å². The zero-order chi connectivity index (χ0) is 14.7. The SMILES string of the molecule is COC(=O)c1sc(=Nc2ccccc2OC)n(C)c1C. The van der Waals surface area contributed by atoms with Gasteiger partial charge in [-0.1, -0.05) is 23.5 Å². The lowest BCUT2D eigenvalue weighted by atomic mass is 10.3. The zero-order valence-electron chi connectivity index (χ0n) is 11.8. The number of benzene rings is 1. The normalized spacial score (nSPS) is 11.5. The molecule has 106 valence electrons. The van der Waals surface area contributed by atoms with Crippen molar-refractivity contribution in [3.63, 3.8) is 0 Å². The van der Waals surface area contributed by atoms with Gasteiger partial charge in [-0.15, -0.1) is 0 Å². The first-order valence-electron chi connectivity index (χ1n) is 6.01. The number of nitrogens with zero attached hydrogens (tertiary/aromatic N) is 2. The lowest BCUT2D eigenvalue weighted by Gasteiger charge is -2.02. The monoisotopic (exact) mass is 292 g/mol. The second kappa shape index (κ2) is 5.92. The predicted molar refractivity (Wildman–Crippen MR) is 77.6 cm³/mol. The topological polar surface area (TPSA) is 52.8 Å². The van der Waals surface area contributed by atoms with Crippen LogP contribution < -0.4 is 9.54 Å². The highest BCUT2D eigenvalue weighted by Crippen LogP contribution is 2.26. The number of rotatable bonds is 3. The van der Waals surface area contributed by atoms with Crippen molar-refractivity contribution in [3.8, 4) is 5.75 Å². The van der Waals surface area contributed by atoms with Crippen molar-refractivity contribution in [2.24, 2.45) is 12.0 Å². The van der Waals surface area contributed by atoms with Crippen LogP contribution in [0.3, 0.4) is 0 Å². The molecule has 2 rings (SSSR count). The summed E-state index contributed by atoms with van der Waals surface area (Å²) < 4.78 is 11.9. The van der Waals surface area contributed by atoms with Gasteiger partial charge in [-0.25, -0.2) is 9.79 Å². The quantitative estimate of drug-likeness (QED) is 0.816. The standard InChI is InChI=1S/C14H16N2O3S/c1-9-12(13(17)19-4)20-14(16(9)2)15-10-7-5-6-8-11(10)18-3/h5-8H,1-4H3. The van der Waals surface area contributed by atoms with Gasteiger partial charge in [0.25, 0.3) is 0 Å². The van der Waals surface area contributed by atoms with E-state index in [0.717, 1.165) is 11.4 Å². The number of hydrogen-bond donors (Lipinski definition) is 0. The van der Waals surface area contributed by atoms with Crippen LogP contribution in [0.5, 0.6) is 5.75 Å². The van der Waals surface area contributed by atoms with Crippen LogP contribution in [0.2, 0.25) is 0 Å². The summed E-state index contributed by atoms with van der Waals surface area (Å²) in [5, 5.41) is 0. The van der Waals surface area contributed by atoms with Crippen LogP contribution in [0, 0.1) is 6.92 Å². The average Bonchev–Trinajstić information content (AvgIpc) is 2.75. The molecule has 0 fully saturated rings. The second-order valence-corrected chi connectivity index (χ2v) is 5.11. The molecule has 20 heavy (non-hydrogen) atoms. The number of thiazole rings is 1. The summed E-state index contributed by atoms with van der Waals surface area (Å²) >= 11 is 1.30. The molecule has 1 aromatic carbocycles. The maximum atomic E-state index is 11.7. The average molecular weight is 292 g/mol. The van der Waals surface area contributed by atoms with Crippen LogP contribution in [0.4, 0.5) is 5.69 Å². The van der Waals surface area contributed by atoms with Crippen LogP contribution in [0.1, 0.15) is 15.4 Å². The first kappa shape index (κ1) is 14.3. The number of methoxy groups -OCH3 is 2. The van der Waals surface area contributed by atoms with Crippen molar-refractivity contribution in [1.29, 1.82) is 0 Å². The van der Waals surface area contributed by atoms with Crippen LogP contribution >= 0.6 is 11.3 Å². The van der Waals surface area contributed by atoms with Crippen molar-refractivity contribution >= 4 is 23.0 Å². The summed E-state index contributed by atoms with van der Waals surface area (Å²) in [6.07, 6.45) is 0.